The van der Waals surface area contributed by atoms with Crippen LogP contribution >= 0.6 is 0 Å². The summed E-state index contributed by atoms with van der Waals surface area (Å²) in [6, 6.07) is 31.6. The number of fused-ring (bicyclic) bond motifs is 7. The molecule has 3 N–H and O–H groups in total. The van der Waals surface area contributed by atoms with Gasteiger partial charge in [-0.3, -0.25) is 53.3 Å². The van der Waals surface area contributed by atoms with Crippen molar-refractivity contribution < 1.29 is 50.7 Å². The SMILES string of the molecule is CCCN(Cc1[nH]n2c(=O)c3c(nc2c1CC)CCC3)C(=O)c1cccc(F)c1.CCCN(Cc1[nH]n2c(=O)ccnc2c1CC)C(=O)c1cccc(F)c1.CCCN(Cc1nn2c(=O)c3c(n(C)c2c1CC)CCC3)C(=O)c1cccc(F)c1.CCCN(Cc1nn2c(=O)cc(C)n(C)c2c1CC)C(=O)c1cccc(F)c1.CCCN(Cc1nn2c(c1CC)NC(C)=CC2OC)C(=O)c1cccc(F)c1. The molecule has 5 aromatic carbocycles. The highest BCUT2D eigenvalue weighted by Crippen LogP contribution is 2.34. The van der Waals surface area contributed by atoms with Crippen LogP contribution in [-0.2, 0) is 109 Å². The Morgan fingerprint density at radius 3 is 1.23 bits per heavy atom. The number of hydrogen-bond donors (Lipinski definition) is 3. The van der Waals surface area contributed by atoms with Gasteiger partial charge in [0.2, 0.25) is 0 Å². The van der Waals surface area contributed by atoms with Gasteiger partial charge in [0.15, 0.2) is 17.5 Å². The fraction of sp³-hybridized carbons (Fsp3) is 0.396. The van der Waals surface area contributed by atoms with Gasteiger partial charge in [0.1, 0.15) is 46.2 Å². The largest absolute Gasteiger partial charge is 0.356 e. The zero-order valence-corrected chi connectivity index (χ0v) is 82.9. The van der Waals surface area contributed by atoms with Crippen molar-refractivity contribution >= 4 is 57.9 Å². The van der Waals surface area contributed by atoms with Gasteiger partial charge in [0.05, 0.1) is 66.9 Å². The van der Waals surface area contributed by atoms with E-state index in [1.807, 2.05) is 106 Å². The zero-order chi connectivity index (χ0) is 101. The van der Waals surface area contributed by atoms with Crippen LogP contribution in [0, 0.1) is 36.0 Å². The molecule has 0 spiro atoms. The molecule has 0 bridgehead atoms. The van der Waals surface area contributed by atoms with Crippen molar-refractivity contribution in [2.45, 2.75) is 225 Å². The average molecular weight is 1930 g/mol. The Balaban J connectivity index is 0.000000148. The fourth-order valence-electron chi connectivity index (χ4n) is 18.8. The van der Waals surface area contributed by atoms with E-state index in [0.29, 0.717) is 123 Å². The number of amides is 5. The lowest BCUT2D eigenvalue weighted by atomic mass is 10.1. The van der Waals surface area contributed by atoms with Crippen LogP contribution in [0.1, 0.15) is 264 Å². The van der Waals surface area contributed by atoms with Crippen molar-refractivity contribution in [3.05, 3.63) is 334 Å². The number of methoxy groups -OCH3 is 1. The van der Waals surface area contributed by atoms with Crippen LogP contribution in [0.4, 0.5) is 27.8 Å². The number of anilines is 1. The fourth-order valence-corrected chi connectivity index (χ4v) is 18.8. The number of carbonyl (C=O) groups is 5. The second kappa shape index (κ2) is 47.0. The van der Waals surface area contributed by atoms with Gasteiger partial charge in [0, 0.05) is 156 Å². The van der Waals surface area contributed by atoms with Crippen LogP contribution in [0.15, 0.2) is 171 Å². The third kappa shape index (κ3) is 23.0. The molecule has 2 aliphatic carbocycles. The van der Waals surface area contributed by atoms with E-state index in [2.05, 4.69) is 42.2 Å². The van der Waals surface area contributed by atoms with Crippen LogP contribution in [0.3, 0.4) is 0 Å². The van der Waals surface area contributed by atoms with Crippen molar-refractivity contribution in [1.82, 2.24) is 91.8 Å². The molecule has 0 saturated carbocycles. The number of halogens is 5. The summed E-state index contributed by atoms with van der Waals surface area (Å²) in [5.41, 5.74) is 18.0. The number of ether oxygens (including phenoxy) is 1. The minimum atomic E-state index is -0.442. The van der Waals surface area contributed by atoms with E-state index in [4.69, 9.17) is 14.8 Å². The molecule has 0 saturated heterocycles. The van der Waals surface area contributed by atoms with Gasteiger partial charge in [0.25, 0.3) is 51.8 Å². The molecule has 744 valence electrons. The molecule has 10 heterocycles. The number of aryl methyl sites for hydroxylation is 8. The quantitative estimate of drug-likeness (QED) is 0.0340. The molecule has 14 aromatic rings. The van der Waals surface area contributed by atoms with Crippen LogP contribution in [0.5, 0.6) is 0 Å². The summed E-state index contributed by atoms with van der Waals surface area (Å²) in [5, 5.41) is 23.5. The zero-order valence-electron chi connectivity index (χ0n) is 82.9. The van der Waals surface area contributed by atoms with E-state index in [1.165, 1.54) is 109 Å². The molecule has 5 amide bonds. The van der Waals surface area contributed by atoms with Gasteiger partial charge in [-0.05, 0) is 214 Å². The van der Waals surface area contributed by atoms with Crippen molar-refractivity contribution in [2.75, 3.05) is 45.2 Å². The lowest BCUT2D eigenvalue weighted by Gasteiger charge is -2.23. The summed E-state index contributed by atoms with van der Waals surface area (Å²) in [6.07, 6.45) is 15.8. The number of hydrogen-bond acceptors (Lipinski definition) is 16. The first kappa shape index (κ1) is 104. The molecule has 3 aliphatic rings. The summed E-state index contributed by atoms with van der Waals surface area (Å²) in [7, 11) is 5.54. The predicted molar refractivity (Wildman–Crippen MR) is 531 cm³/mol. The Morgan fingerprint density at radius 1 is 0.426 bits per heavy atom. The standard InChI is InChI=1S/C23H27FN4O2.C22H25FN4O2.C21H25FN4O2.C21H27FN4O2.C19H21FN4O2/c1-4-12-27(22(29)15-8-6-9-16(24)13-15)14-19-17(5-2)21-26(3)20-11-7-10-18(20)23(30)28(21)25-19;1-3-11-26(21(28)14-7-5-8-15(23)12-14)13-19-16(4-2)20-24-18-10-6-9-17(18)22(29)27(20)25-19;1-5-10-25(21(28)15-8-7-9-16(22)12-15)13-18-17(6-2)20-24(4)14(3)11-19(27)26(20)23-18;1-5-10-25(21(27)15-8-7-9-16(22)12-15)13-18-17(6-2)20-23-14(3)11-19(28-4)26(20)24-18;1-3-10-23(19(26)13-6-5-7-14(20)11-13)12-16-15(4-2)18-21-9-8-17(25)24(18)22-16/h6,8-9,13H,4-5,7,10-12,14H2,1-3H3;5,7-8,12,25H,3-4,6,9-11,13H2,1-2H3;7-9,11-12H,5-6,10,13H2,1-4H3;7-9,11-12,19,23H,5-6,10,13H2,1-4H3;5-9,11,22H,3-4,10,12H2,1-2H3. The number of rotatable bonds is 31. The minimum Gasteiger partial charge on any atom is -0.356 e. The first-order valence-electron chi connectivity index (χ1n) is 48.6. The number of nitrogens with zero attached hydrogens (tertiary/aromatic N) is 17. The van der Waals surface area contributed by atoms with Crippen molar-refractivity contribution in [3.63, 3.8) is 0 Å². The molecule has 141 heavy (non-hydrogen) atoms. The predicted octanol–water partition coefficient (Wildman–Crippen LogP) is 16.5. The Morgan fingerprint density at radius 2 is 0.816 bits per heavy atom. The van der Waals surface area contributed by atoms with Crippen LogP contribution in [0.25, 0.3) is 22.6 Å². The second-order valence-electron chi connectivity index (χ2n) is 35.4. The number of benzene rings is 5. The number of aromatic amines is 2. The highest BCUT2D eigenvalue weighted by Gasteiger charge is 2.33. The van der Waals surface area contributed by atoms with Gasteiger partial charge in [-0.15, -0.1) is 0 Å². The number of nitrogens with one attached hydrogen (secondary N) is 3. The number of H-pyrrole nitrogens is 2. The molecule has 17 rings (SSSR count). The minimum absolute atomic E-state index is 0.0399. The number of allylic oxidation sites excluding steroid dienone is 1. The van der Waals surface area contributed by atoms with Gasteiger partial charge < -0.3 is 43.7 Å². The highest BCUT2D eigenvalue weighted by atomic mass is 19.1. The Labute approximate surface area is 814 Å². The summed E-state index contributed by atoms with van der Waals surface area (Å²) in [6.45, 7) is 28.1. The van der Waals surface area contributed by atoms with Crippen LogP contribution in [-0.4, -0.2) is 161 Å². The van der Waals surface area contributed by atoms with Crippen molar-refractivity contribution in [2.24, 2.45) is 14.1 Å². The van der Waals surface area contributed by atoms with E-state index in [0.717, 1.165) is 179 Å². The topological polar surface area (TPSA) is 320 Å². The van der Waals surface area contributed by atoms with Gasteiger partial charge in [-0.25, -0.2) is 45.6 Å². The van der Waals surface area contributed by atoms with Gasteiger partial charge >= 0.3 is 0 Å². The van der Waals surface area contributed by atoms with Gasteiger partial charge in [-0.2, -0.15) is 24.3 Å². The first-order valence-corrected chi connectivity index (χ1v) is 48.6. The Hall–Kier alpha value is -14.5. The van der Waals surface area contributed by atoms with E-state index < -0.39 is 29.1 Å². The summed E-state index contributed by atoms with van der Waals surface area (Å²) >= 11 is 0. The lowest BCUT2D eigenvalue weighted by Crippen LogP contribution is -2.32. The molecule has 35 heteroatoms. The smallest absolute Gasteiger partial charge is 0.277 e. The molecule has 0 radical (unpaired) electrons. The lowest BCUT2D eigenvalue weighted by molar-refractivity contribution is 0.0706. The summed E-state index contributed by atoms with van der Waals surface area (Å²) in [4.78, 5) is 133. The monoisotopic (exact) mass is 1930 g/mol. The maximum Gasteiger partial charge on any atom is 0.277 e. The number of aromatic nitrogens is 14. The van der Waals surface area contributed by atoms with Crippen molar-refractivity contribution in [1.29, 1.82) is 0 Å². The molecule has 1 aliphatic heterocycles. The van der Waals surface area contributed by atoms with Crippen LogP contribution in [0.2, 0.25) is 0 Å². The van der Waals surface area contributed by atoms with Gasteiger partial charge in [-0.1, -0.05) is 99.6 Å². The Kier molecular flexibility index (Phi) is 34.6. The molecule has 1 atom stereocenters. The third-order valence-electron chi connectivity index (χ3n) is 25.6. The molecule has 0 fully saturated rings. The van der Waals surface area contributed by atoms with Crippen LogP contribution < -0.4 is 27.6 Å². The third-order valence-corrected chi connectivity index (χ3v) is 25.6. The highest BCUT2D eigenvalue weighted by molar-refractivity contribution is 5.97. The molecule has 1 unspecified atom stereocenters. The first-order chi connectivity index (χ1) is 67.9. The number of carbonyl (C=O) groups excluding carboxylic acids is 5. The summed E-state index contributed by atoms with van der Waals surface area (Å²) in [5.74, 6) is -2.41. The maximum absolute atomic E-state index is 13.6. The molecule has 9 aromatic heterocycles. The Bertz CT molecular complexity index is 7240. The van der Waals surface area contributed by atoms with E-state index >= 15 is 0 Å². The summed E-state index contributed by atoms with van der Waals surface area (Å²) < 4.78 is 85.1. The second-order valence-corrected chi connectivity index (χ2v) is 35.4. The molecule has 30 nitrogen and oxygen atoms in total. The van der Waals surface area contributed by atoms with E-state index in [1.54, 1.807) is 80.1 Å². The molecular formula is C106H125F5N20O10. The van der Waals surface area contributed by atoms with E-state index in [9.17, 15) is 65.1 Å². The molecular weight excluding hydrogens is 1810 g/mol. The maximum atomic E-state index is 13.6. The van der Waals surface area contributed by atoms with Crippen molar-refractivity contribution in [3.8, 4) is 0 Å². The normalized spacial score (nSPS) is 12.8. The average Bonchev–Trinajstić information content (AvgIpc) is 1.59. The van der Waals surface area contributed by atoms with E-state index in [-0.39, 0.29) is 71.1 Å².